The van der Waals surface area contributed by atoms with Crippen molar-refractivity contribution in [3.8, 4) is 0 Å². The molecule has 3 rings (SSSR count). The fourth-order valence-corrected chi connectivity index (χ4v) is 4.09. The summed E-state index contributed by atoms with van der Waals surface area (Å²) in [4.78, 5) is 26.7. The molecule has 30 heavy (non-hydrogen) atoms. The number of carbonyl (C=O) groups is 1. The van der Waals surface area contributed by atoms with Crippen LogP contribution in [0.15, 0.2) is 48.5 Å². The molecule has 1 amide bonds. The minimum absolute atomic E-state index is 0.0602. The Balaban J connectivity index is 1.69. The maximum absolute atomic E-state index is 13.1. The van der Waals surface area contributed by atoms with Gasteiger partial charge in [-0.25, -0.2) is 12.8 Å². The average Bonchev–Trinajstić information content (AvgIpc) is 2.72. The lowest BCUT2D eigenvalue weighted by atomic mass is 10.2. The van der Waals surface area contributed by atoms with Gasteiger partial charge in [-0.3, -0.25) is 19.2 Å². The molecule has 1 fully saturated rings. The summed E-state index contributed by atoms with van der Waals surface area (Å²) in [5.41, 5.74) is 0.643. The van der Waals surface area contributed by atoms with E-state index in [0.29, 0.717) is 26.2 Å². The Bertz CT molecular complexity index is 1040. The molecule has 1 saturated heterocycles. The first-order valence-corrected chi connectivity index (χ1v) is 11.0. The van der Waals surface area contributed by atoms with E-state index in [2.05, 4.69) is 0 Å². The van der Waals surface area contributed by atoms with Crippen molar-refractivity contribution in [2.24, 2.45) is 0 Å². The van der Waals surface area contributed by atoms with Crippen LogP contribution in [0.2, 0.25) is 0 Å². The summed E-state index contributed by atoms with van der Waals surface area (Å²) in [6.45, 7) is 1.35. The Kier molecular flexibility index (Phi) is 6.20. The van der Waals surface area contributed by atoms with Gasteiger partial charge in [0.15, 0.2) is 0 Å². The predicted molar refractivity (Wildman–Crippen MR) is 110 cm³/mol. The number of hydrogen-bond donors (Lipinski definition) is 0. The van der Waals surface area contributed by atoms with Gasteiger partial charge >= 0.3 is 0 Å². The quantitative estimate of drug-likeness (QED) is 0.506. The zero-order chi connectivity index (χ0) is 21.9. The molecule has 0 aromatic heterocycles. The highest BCUT2D eigenvalue weighted by atomic mass is 32.2. The number of sulfonamides is 1. The molecule has 0 N–H and O–H groups in total. The van der Waals surface area contributed by atoms with E-state index in [0.717, 1.165) is 22.3 Å². The van der Waals surface area contributed by atoms with Gasteiger partial charge in [0.25, 0.3) is 5.69 Å². The second-order valence-electron chi connectivity index (χ2n) is 6.89. The molecule has 1 aliphatic heterocycles. The molecule has 1 aliphatic rings. The van der Waals surface area contributed by atoms with E-state index >= 15 is 0 Å². The Morgan fingerprint density at radius 1 is 1.13 bits per heavy atom. The number of nitro benzene ring substituents is 1. The maximum atomic E-state index is 13.1. The van der Waals surface area contributed by atoms with E-state index in [1.807, 2.05) is 4.90 Å². The molecule has 0 radical (unpaired) electrons. The van der Waals surface area contributed by atoms with Crippen LogP contribution in [0, 0.1) is 15.9 Å². The highest BCUT2D eigenvalue weighted by molar-refractivity contribution is 7.92. The first kappa shape index (κ1) is 21.5. The molecule has 0 unspecified atom stereocenters. The largest absolute Gasteiger partial charge is 0.368 e. The van der Waals surface area contributed by atoms with Crippen molar-refractivity contribution in [2.75, 3.05) is 48.2 Å². The van der Waals surface area contributed by atoms with E-state index in [9.17, 15) is 27.7 Å². The van der Waals surface area contributed by atoms with Crippen molar-refractivity contribution in [1.29, 1.82) is 0 Å². The number of halogens is 1. The standard InChI is InChI=1S/C19H21FN4O5S/c1-30(28,29)23(17-3-2-4-18(13-17)24(26)27)14-19(25)22-11-9-21(10-12-22)16-7-5-15(20)6-8-16/h2-8,13H,9-12,14H2,1H3. The van der Waals surface area contributed by atoms with E-state index in [4.69, 9.17) is 0 Å². The molecule has 160 valence electrons. The number of nitro groups is 1. The predicted octanol–water partition coefficient (Wildman–Crippen LogP) is 1.85. The lowest BCUT2D eigenvalue weighted by Gasteiger charge is -2.37. The number of hydrogen-bond acceptors (Lipinski definition) is 6. The first-order chi connectivity index (χ1) is 14.1. The van der Waals surface area contributed by atoms with Crippen LogP contribution in [0.3, 0.4) is 0 Å². The molecule has 0 saturated carbocycles. The number of rotatable bonds is 6. The lowest BCUT2D eigenvalue weighted by Crippen LogP contribution is -2.52. The Hall–Kier alpha value is -3.21. The van der Waals surface area contributed by atoms with Crippen molar-refractivity contribution in [1.82, 2.24) is 4.90 Å². The number of benzene rings is 2. The summed E-state index contributed by atoms with van der Waals surface area (Å²) in [6, 6.07) is 11.2. The van der Waals surface area contributed by atoms with Gasteiger partial charge in [-0.1, -0.05) is 6.07 Å². The van der Waals surface area contributed by atoms with Gasteiger partial charge in [0, 0.05) is 44.0 Å². The Labute approximate surface area is 173 Å². The second kappa shape index (κ2) is 8.66. The first-order valence-electron chi connectivity index (χ1n) is 9.15. The average molecular weight is 436 g/mol. The van der Waals surface area contributed by atoms with E-state index < -0.39 is 27.4 Å². The van der Waals surface area contributed by atoms with Crippen LogP contribution in [0.5, 0.6) is 0 Å². The van der Waals surface area contributed by atoms with Gasteiger partial charge in [-0.2, -0.15) is 0 Å². The van der Waals surface area contributed by atoms with E-state index in [1.165, 1.54) is 30.3 Å². The van der Waals surface area contributed by atoms with Crippen molar-refractivity contribution < 1.29 is 22.5 Å². The molecule has 0 bridgehead atoms. The molecule has 9 nitrogen and oxygen atoms in total. The topological polar surface area (TPSA) is 104 Å². The van der Waals surface area contributed by atoms with Crippen molar-refractivity contribution in [2.45, 2.75) is 0 Å². The number of piperazine rings is 1. The second-order valence-corrected chi connectivity index (χ2v) is 8.80. The van der Waals surface area contributed by atoms with Gasteiger partial charge in [0.05, 0.1) is 16.9 Å². The summed E-state index contributed by atoms with van der Waals surface area (Å²) >= 11 is 0. The number of nitrogens with zero attached hydrogens (tertiary/aromatic N) is 4. The van der Waals surface area contributed by atoms with Gasteiger partial charge in [-0.15, -0.1) is 0 Å². The Morgan fingerprint density at radius 2 is 1.77 bits per heavy atom. The number of anilines is 2. The smallest absolute Gasteiger partial charge is 0.271 e. The van der Waals surface area contributed by atoms with Gasteiger partial charge in [0.2, 0.25) is 15.9 Å². The van der Waals surface area contributed by atoms with Crippen molar-refractivity contribution in [3.05, 3.63) is 64.5 Å². The monoisotopic (exact) mass is 436 g/mol. The summed E-state index contributed by atoms with van der Waals surface area (Å²) in [7, 11) is -3.83. The molecule has 0 spiro atoms. The van der Waals surface area contributed by atoms with E-state index in [1.54, 1.807) is 17.0 Å². The summed E-state index contributed by atoms with van der Waals surface area (Å²) in [5, 5.41) is 11.0. The van der Waals surface area contributed by atoms with Crippen molar-refractivity contribution in [3.63, 3.8) is 0 Å². The molecule has 11 heteroatoms. The third-order valence-electron chi connectivity index (χ3n) is 4.83. The molecule has 0 aliphatic carbocycles. The van der Waals surface area contributed by atoms with Gasteiger partial charge in [-0.05, 0) is 30.3 Å². The molecule has 2 aromatic carbocycles. The van der Waals surface area contributed by atoms with Crippen LogP contribution in [-0.4, -0.2) is 63.1 Å². The van der Waals surface area contributed by atoms with Crippen LogP contribution in [-0.2, 0) is 14.8 Å². The fourth-order valence-electron chi connectivity index (χ4n) is 3.25. The lowest BCUT2D eigenvalue weighted by molar-refractivity contribution is -0.384. The number of carbonyl (C=O) groups excluding carboxylic acids is 1. The van der Waals surface area contributed by atoms with Gasteiger partial charge in [0.1, 0.15) is 12.4 Å². The SMILES string of the molecule is CS(=O)(=O)N(CC(=O)N1CCN(c2ccc(F)cc2)CC1)c1cccc([N+](=O)[O-])c1. The Morgan fingerprint density at radius 3 is 2.33 bits per heavy atom. The fraction of sp³-hybridized carbons (Fsp3) is 0.316. The highest BCUT2D eigenvalue weighted by Gasteiger charge is 2.27. The van der Waals surface area contributed by atoms with E-state index in [-0.39, 0.29) is 17.2 Å². The molecule has 2 aromatic rings. The number of amides is 1. The molecular formula is C19H21FN4O5S. The van der Waals surface area contributed by atoms with Crippen molar-refractivity contribution >= 4 is 33.0 Å². The summed E-state index contributed by atoms with van der Waals surface area (Å²) in [5.74, 6) is -0.722. The summed E-state index contributed by atoms with van der Waals surface area (Å²) < 4.78 is 38.4. The molecular weight excluding hydrogens is 415 g/mol. The van der Waals surface area contributed by atoms with Gasteiger partial charge < -0.3 is 9.80 Å². The van der Waals surface area contributed by atoms with Crippen LogP contribution < -0.4 is 9.21 Å². The van der Waals surface area contributed by atoms with Crippen LogP contribution >= 0.6 is 0 Å². The minimum Gasteiger partial charge on any atom is -0.368 e. The van der Waals surface area contributed by atoms with Crippen LogP contribution in [0.1, 0.15) is 0 Å². The third kappa shape index (κ3) is 5.03. The minimum atomic E-state index is -3.83. The summed E-state index contributed by atoms with van der Waals surface area (Å²) in [6.07, 6.45) is 0.950. The zero-order valence-corrected chi connectivity index (χ0v) is 17.1. The normalized spacial score (nSPS) is 14.5. The molecule has 0 atom stereocenters. The zero-order valence-electron chi connectivity index (χ0n) is 16.3. The number of non-ortho nitro benzene ring substituents is 1. The van der Waals surface area contributed by atoms with Crippen LogP contribution in [0.4, 0.5) is 21.5 Å². The molecule has 1 heterocycles. The highest BCUT2D eigenvalue weighted by Crippen LogP contribution is 2.23. The van der Waals surface area contributed by atoms with Crippen LogP contribution in [0.25, 0.3) is 0 Å². The maximum Gasteiger partial charge on any atom is 0.271 e. The third-order valence-corrected chi connectivity index (χ3v) is 5.97.